The van der Waals surface area contributed by atoms with Gasteiger partial charge in [0.05, 0.1) is 21.3 Å². The molecular formula is C20H17Cl2N3O2. The van der Waals surface area contributed by atoms with Crippen LogP contribution in [0.15, 0.2) is 42.5 Å². The fourth-order valence-corrected chi connectivity index (χ4v) is 3.96. The summed E-state index contributed by atoms with van der Waals surface area (Å²) in [5, 5.41) is 18.6. The molecule has 7 heteroatoms. The Morgan fingerprint density at radius 2 is 1.85 bits per heavy atom. The summed E-state index contributed by atoms with van der Waals surface area (Å²) in [5.74, 6) is -0.113. The van der Waals surface area contributed by atoms with Gasteiger partial charge >= 0.3 is 5.97 Å². The van der Waals surface area contributed by atoms with Crippen LogP contribution in [0.3, 0.4) is 0 Å². The average Bonchev–Trinajstić information content (AvgIpc) is 2.84. The Labute approximate surface area is 166 Å². The van der Waals surface area contributed by atoms with Crippen LogP contribution < -0.4 is 5.32 Å². The van der Waals surface area contributed by atoms with Gasteiger partial charge in [0.15, 0.2) is 0 Å². The minimum atomic E-state index is -0.975. The van der Waals surface area contributed by atoms with E-state index < -0.39 is 5.97 Å². The second-order valence-corrected chi connectivity index (χ2v) is 7.24. The molecule has 3 aromatic rings. The number of nitrogens with one attached hydrogen (secondary N) is 1. The van der Waals surface area contributed by atoms with Gasteiger partial charge in [0.1, 0.15) is 11.5 Å². The number of hydrogen-bond donors (Lipinski definition) is 2. The number of benzene rings is 2. The number of aromatic nitrogens is 2. The molecule has 4 rings (SSSR count). The van der Waals surface area contributed by atoms with E-state index in [1.54, 1.807) is 41.1 Å². The van der Waals surface area contributed by atoms with E-state index in [1.807, 2.05) is 6.07 Å². The van der Waals surface area contributed by atoms with Crippen molar-refractivity contribution < 1.29 is 9.90 Å². The highest BCUT2D eigenvalue weighted by molar-refractivity contribution is 6.39. The molecule has 1 aliphatic heterocycles. The van der Waals surface area contributed by atoms with Crippen LogP contribution in [0.5, 0.6) is 0 Å². The van der Waals surface area contributed by atoms with Gasteiger partial charge < -0.3 is 10.4 Å². The fraction of sp³-hybridized carbons (Fsp3) is 0.200. The molecule has 5 nitrogen and oxygen atoms in total. The zero-order chi connectivity index (χ0) is 19.0. The molecule has 0 fully saturated rings. The van der Waals surface area contributed by atoms with Crippen LogP contribution in [-0.2, 0) is 6.42 Å². The van der Waals surface area contributed by atoms with Crippen molar-refractivity contribution in [1.82, 2.24) is 9.78 Å². The van der Waals surface area contributed by atoms with Gasteiger partial charge in [0, 0.05) is 17.7 Å². The molecule has 0 saturated heterocycles. The van der Waals surface area contributed by atoms with Gasteiger partial charge in [0.25, 0.3) is 0 Å². The number of rotatable bonds is 3. The summed E-state index contributed by atoms with van der Waals surface area (Å²) in [5.41, 5.74) is 3.37. The van der Waals surface area contributed by atoms with E-state index >= 15 is 0 Å². The number of nitrogens with zero attached hydrogens (tertiary/aromatic N) is 2. The van der Waals surface area contributed by atoms with Crippen LogP contribution in [0, 0.1) is 0 Å². The lowest BCUT2D eigenvalue weighted by molar-refractivity contribution is 0.0697. The molecule has 27 heavy (non-hydrogen) atoms. The molecule has 0 unspecified atom stereocenters. The second kappa shape index (κ2) is 7.25. The van der Waals surface area contributed by atoms with Crippen molar-refractivity contribution in [3.05, 3.63) is 63.6 Å². The van der Waals surface area contributed by atoms with E-state index in [2.05, 4.69) is 5.32 Å². The number of aromatic carboxylic acids is 1. The Bertz CT molecular complexity index is 1010. The van der Waals surface area contributed by atoms with Crippen molar-refractivity contribution in [2.75, 3.05) is 11.9 Å². The van der Waals surface area contributed by atoms with Crippen molar-refractivity contribution in [3.63, 3.8) is 0 Å². The fourth-order valence-electron chi connectivity index (χ4n) is 3.38. The number of anilines is 1. The Morgan fingerprint density at radius 1 is 1.11 bits per heavy atom. The normalized spacial score (nSPS) is 13.6. The van der Waals surface area contributed by atoms with Crippen molar-refractivity contribution >= 4 is 35.0 Å². The standard InChI is InChI=1S/C20H17Cl2N3O2/c21-15-8-4-9-16(22)17(15)18-14-7-1-2-10-23-19(14)25(24-18)13-6-3-5-12(11-13)20(26)27/h3-6,8-9,11,23H,1-2,7,10H2,(H,26,27). The largest absolute Gasteiger partial charge is 0.478 e. The van der Waals surface area contributed by atoms with Crippen LogP contribution in [0.1, 0.15) is 28.8 Å². The zero-order valence-corrected chi connectivity index (χ0v) is 15.9. The van der Waals surface area contributed by atoms with Gasteiger partial charge in [-0.2, -0.15) is 5.10 Å². The lowest BCUT2D eigenvalue weighted by Crippen LogP contribution is -2.08. The van der Waals surface area contributed by atoms with Crippen LogP contribution in [0.25, 0.3) is 16.9 Å². The molecule has 0 saturated carbocycles. The van der Waals surface area contributed by atoms with Crippen LogP contribution in [-0.4, -0.2) is 27.4 Å². The molecule has 0 spiro atoms. The molecule has 0 atom stereocenters. The molecule has 1 aliphatic rings. The predicted octanol–water partition coefficient (Wildman–Crippen LogP) is 5.29. The van der Waals surface area contributed by atoms with Gasteiger partial charge in [0.2, 0.25) is 0 Å². The third-order valence-corrected chi connectivity index (χ3v) is 5.30. The monoisotopic (exact) mass is 401 g/mol. The molecule has 138 valence electrons. The summed E-state index contributed by atoms with van der Waals surface area (Å²) in [6, 6.07) is 12.1. The van der Waals surface area contributed by atoms with E-state index in [0.29, 0.717) is 21.3 Å². The summed E-state index contributed by atoms with van der Waals surface area (Å²) >= 11 is 12.9. The molecule has 2 N–H and O–H groups in total. The smallest absolute Gasteiger partial charge is 0.335 e. The zero-order valence-electron chi connectivity index (χ0n) is 14.4. The molecule has 0 radical (unpaired) electrons. The summed E-state index contributed by atoms with van der Waals surface area (Å²) in [4.78, 5) is 11.4. The first-order valence-corrected chi connectivity index (χ1v) is 9.45. The van der Waals surface area contributed by atoms with Gasteiger partial charge in [-0.05, 0) is 49.6 Å². The second-order valence-electron chi connectivity index (χ2n) is 6.42. The number of halogens is 2. The van der Waals surface area contributed by atoms with Gasteiger partial charge in [-0.1, -0.05) is 35.3 Å². The van der Waals surface area contributed by atoms with E-state index in [4.69, 9.17) is 28.3 Å². The minimum Gasteiger partial charge on any atom is -0.478 e. The lowest BCUT2D eigenvalue weighted by atomic mass is 10.0. The van der Waals surface area contributed by atoms with Gasteiger partial charge in [-0.15, -0.1) is 0 Å². The molecule has 0 aliphatic carbocycles. The maximum absolute atomic E-state index is 11.4. The average molecular weight is 402 g/mol. The van der Waals surface area contributed by atoms with E-state index in [0.717, 1.165) is 42.9 Å². The third kappa shape index (κ3) is 3.29. The number of hydrogen-bond acceptors (Lipinski definition) is 3. The quantitative estimate of drug-likeness (QED) is 0.625. The van der Waals surface area contributed by atoms with Crippen LogP contribution >= 0.6 is 23.2 Å². The molecule has 0 amide bonds. The summed E-state index contributed by atoms with van der Waals surface area (Å²) in [6.07, 6.45) is 2.91. The first kappa shape index (κ1) is 17.9. The van der Waals surface area contributed by atoms with Crippen molar-refractivity contribution in [1.29, 1.82) is 0 Å². The van der Waals surface area contributed by atoms with Crippen molar-refractivity contribution in [2.45, 2.75) is 19.3 Å². The predicted molar refractivity (Wildman–Crippen MR) is 107 cm³/mol. The molecule has 2 aromatic carbocycles. The summed E-state index contributed by atoms with van der Waals surface area (Å²) in [7, 11) is 0. The van der Waals surface area contributed by atoms with Crippen LogP contribution in [0.4, 0.5) is 5.82 Å². The van der Waals surface area contributed by atoms with Crippen molar-refractivity contribution in [3.8, 4) is 16.9 Å². The maximum atomic E-state index is 11.4. The Morgan fingerprint density at radius 3 is 2.59 bits per heavy atom. The van der Waals surface area contributed by atoms with Gasteiger partial charge in [-0.3, -0.25) is 0 Å². The van der Waals surface area contributed by atoms with Gasteiger partial charge in [-0.25, -0.2) is 9.48 Å². The Hall–Kier alpha value is -2.50. The Kier molecular flexibility index (Phi) is 4.81. The first-order chi connectivity index (χ1) is 13.1. The molecular weight excluding hydrogens is 385 g/mol. The number of fused-ring (bicyclic) bond motifs is 1. The summed E-state index contributed by atoms with van der Waals surface area (Å²) < 4.78 is 1.75. The SMILES string of the molecule is O=C(O)c1cccc(-n2nc(-c3c(Cl)cccc3Cl)c3c2NCCCC3)c1. The highest BCUT2D eigenvalue weighted by Gasteiger charge is 2.24. The molecule has 1 aromatic heterocycles. The third-order valence-electron chi connectivity index (χ3n) is 4.67. The van der Waals surface area contributed by atoms with E-state index in [9.17, 15) is 9.90 Å². The minimum absolute atomic E-state index is 0.211. The van der Waals surface area contributed by atoms with Crippen molar-refractivity contribution in [2.24, 2.45) is 0 Å². The Balaban J connectivity index is 1.95. The molecule has 0 bridgehead atoms. The number of carboxylic acids is 1. The lowest BCUT2D eigenvalue weighted by Gasteiger charge is -2.09. The maximum Gasteiger partial charge on any atom is 0.335 e. The molecule has 2 heterocycles. The number of carboxylic acid groups (broad SMARTS) is 1. The first-order valence-electron chi connectivity index (χ1n) is 8.70. The highest BCUT2D eigenvalue weighted by atomic mass is 35.5. The highest BCUT2D eigenvalue weighted by Crippen LogP contribution is 2.40. The summed E-state index contributed by atoms with van der Waals surface area (Å²) in [6.45, 7) is 0.826. The van der Waals surface area contributed by atoms with E-state index in [-0.39, 0.29) is 5.56 Å². The topological polar surface area (TPSA) is 67.1 Å². The van der Waals surface area contributed by atoms with E-state index in [1.165, 1.54) is 0 Å². The van der Waals surface area contributed by atoms with Crippen LogP contribution in [0.2, 0.25) is 10.0 Å². The number of carbonyl (C=O) groups is 1.